The first-order chi connectivity index (χ1) is 13.3. The number of halogens is 1. The van der Waals surface area contributed by atoms with Gasteiger partial charge in [0, 0.05) is 38.3 Å². The van der Waals surface area contributed by atoms with Crippen LogP contribution in [0.25, 0.3) is 25.1 Å². The highest BCUT2D eigenvalue weighted by Gasteiger charge is 2.22. The SMILES string of the molecule is Ic1ccc(COc2ccc(-[s+]3c4ccccc4c4ccccc43)cc2)s1. The van der Waals surface area contributed by atoms with E-state index in [-0.39, 0.29) is 10.5 Å². The molecule has 0 radical (unpaired) electrons. The molecule has 5 aromatic rings. The summed E-state index contributed by atoms with van der Waals surface area (Å²) in [6.07, 6.45) is 0. The molecule has 0 atom stereocenters. The third-order valence-corrected chi connectivity index (χ3v) is 8.78. The molecule has 132 valence electrons. The van der Waals surface area contributed by atoms with E-state index in [4.69, 9.17) is 4.74 Å². The topological polar surface area (TPSA) is 9.23 Å². The summed E-state index contributed by atoms with van der Waals surface area (Å²) >= 11 is 4.12. The largest absolute Gasteiger partial charge is 0.488 e. The molecule has 1 nitrogen and oxygen atoms in total. The molecule has 2 aromatic heterocycles. The van der Waals surface area contributed by atoms with Crippen LogP contribution in [0.3, 0.4) is 0 Å². The van der Waals surface area contributed by atoms with Gasteiger partial charge in [0.1, 0.15) is 12.4 Å². The number of rotatable bonds is 4. The lowest BCUT2D eigenvalue weighted by molar-refractivity contribution is 0.310. The Hall–Kier alpha value is -1.89. The van der Waals surface area contributed by atoms with Crippen LogP contribution < -0.4 is 4.74 Å². The Morgan fingerprint density at radius 3 is 1.96 bits per heavy atom. The number of thiophene rings is 2. The summed E-state index contributed by atoms with van der Waals surface area (Å²) < 4.78 is 10.1. The molecular weight excluding hydrogens is 483 g/mol. The number of ether oxygens (including phenoxy) is 1. The lowest BCUT2D eigenvalue weighted by atomic mass is 10.2. The summed E-state index contributed by atoms with van der Waals surface area (Å²) in [6, 6.07) is 30.5. The Balaban J connectivity index is 1.51. The molecule has 2 heterocycles. The van der Waals surface area contributed by atoms with E-state index in [2.05, 4.69) is 108 Å². The van der Waals surface area contributed by atoms with Crippen LogP contribution in [0.1, 0.15) is 4.88 Å². The molecular formula is C23H16IOS2+. The van der Waals surface area contributed by atoms with Crippen molar-refractivity contribution >= 4 is 64.6 Å². The zero-order valence-electron chi connectivity index (χ0n) is 14.4. The summed E-state index contributed by atoms with van der Waals surface area (Å²) in [5.41, 5.74) is 0. The maximum Gasteiger partial charge on any atom is 0.187 e. The van der Waals surface area contributed by atoms with Gasteiger partial charge in [0.05, 0.1) is 2.88 Å². The van der Waals surface area contributed by atoms with Crippen LogP contribution in [0.5, 0.6) is 5.75 Å². The Bertz CT molecular complexity index is 1180. The van der Waals surface area contributed by atoms with E-state index < -0.39 is 0 Å². The summed E-state index contributed by atoms with van der Waals surface area (Å²) in [5.74, 6) is 0.923. The van der Waals surface area contributed by atoms with Gasteiger partial charge in [0.25, 0.3) is 0 Å². The van der Waals surface area contributed by atoms with Crippen molar-refractivity contribution in [3.05, 3.63) is 92.7 Å². The second-order valence-corrected chi connectivity index (χ2v) is 11.3. The molecule has 27 heavy (non-hydrogen) atoms. The fourth-order valence-corrected chi connectivity index (χ4v) is 7.41. The summed E-state index contributed by atoms with van der Waals surface area (Å²) in [5, 5.41) is 2.73. The van der Waals surface area contributed by atoms with Crippen LogP contribution >= 0.6 is 44.4 Å². The quantitative estimate of drug-likeness (QED) is 0.180. The van der Waals surface area contributed by atoms with Gasteiger partial charge >= 0.3 is 0 Å². The Labute approximate surface area is 178 Å². The molecule has 0 N–H and O–H groups in total. The molecule has 0 saturated carbocycles. The van der Waals surface area contributed by atoms with Crippen LogP contribution in [-0.4, -0.2) is 0 Å². The molecule has 0 unspecified atom stereocenters. The van der Waals surface area contributed by atoms with Gasteiger partial charge < -0.3 is 4.74 Å². The second kappa shape index (κ2) is 7.26. The summed E-state index contributed by atoms with van der Waals surface area (Å²) in [7, 11) is -0.0399. The van der Waals surface area contributed by atoms with Crippen LogP contribution in [0, 0.1) is 2.88 Å². The molecule has 0 bridgehead atoms. The molecule has 0 saturated heterocycles. The van der Waals surface area contributed by atoms with Crippen molar-refractivity contribution < 1.29 is 4.74 Å². The Morgan fingerprint density at radius 1 is 0.741 bits per heavy atom. The Kier molecular flexibility index (Phi) is 4.63. The number of fused-ring (bicyclic) bond motifs is 3. The molecule has 4 heteroatoms. The predicted octanol–water partition coefficient (Wildman–Crippen LogP) is 7.98. The standard InChI is InChI=1S/C23H16IOS2/c24-23-14-11-17(26-23)15-25-16-9-12-18(13-10-16)27-21-7-3-1-5-19(21)20-6-2-4-8-22(20)27/h1-14H,15H2/q+1. The lowest BCUT2D eigenvalue weighted by Gasteiger charge is -2.04. The van der Waals surface area contributed by atoms with Crippen molar-refractivity contribution in [3.8, 4) is 10.6 Å². The van der Waals surface area contributed by atoms with E-state index in [9.17, 15) is 0 Å². The van der Waals surface area contributed by atoms with Crippen LogP contribution in [0.15, 0.2) is 84.9 Å². The van der Waals surface area contributed by atoms with Gasteiger partial charge in [0.15, 0.2) is 14.3 Å². The first-order valence-electron chi connectivity index (χ1n) is 8.69. The van der Waals surface area contributed by atoms with Gasteiger partial charge in [0.2, 0.25) is 0 Å². The third kappa shape index (κ3) is 3.26. The highest BCUT2D eigenvalue weighted by atomic mass is 127. The van der Waals surface area contributed by atoms with Gasteiger partial charge in [-0.25, -0.2) is 0 Å². The van der Waals surface area contributed by atoms with E-state index in [0.717, 1.165) is 5.75 Å². The first-order valence-corrected chi connectivity index (χ1v) is 11.8. The van der Waals surface area contributed by atoms with Crippen molar-refractivity contribution in [1.29, 1.82) is 0 Å². The highest BCUT2D eigenvalue weighted by molar-refractivity contribution is 14.1. The van der Waals surface area contributed by atoms with E-state index in [0.29, 0.717) is 6.61 Å². The van der Waals surface area contributed by atoms with Crippen LogP contribution in [0.4, 0.5) is 0 Å². The van der Waals surface area contributed by atoms with Crippen molar-refractivity contribution in [2.75, 3.05) is 0 Å². The maximum atomic E-state index is 5.97. The predicted molar refractivity (Wildman–Crippen MR) is 127 cm³/mol. The molecule has 3 aromatic carbocycles. The van der Waals surface area contributed by atoms with E-state index in [1.54, 1.807) is 11.3 Å². The first kappa shape index (κ1) is 17.2. The molecule has 0 amide bonds. The van der Waals surface area contributed by atoms with Crippen molar-refractivity contribution in [1.82, 2.24) is 0 Å². The van der Waals surface area contributed by atoms with Gasteiger partial charge in [-0.2, -0.15) is 0 Å². The molecule has 5 rings (SSSR count). The van der Waals surface area contributed by atoms with E-state index in [1.807, 2.05) is 0 Å². The summed E-state index contributed by atoms with van der Waals surface area (Å²) in [6.45, 7) is 0.629. The minimum Gasteiger partial charge on any atom is -0.488 e. The normalized spacial score (nSPS) is 11.3. The maximum absolute atomic E-state index is 5.97. The van der Waals surface area contributed by atoms with Crippen molar-refractivity contribution in [3.63, 3.8) is 0 Å². The van der Waals surface area contributed by atoms with Gasteiger partial charge in [-0.1, -0.05) is 24.3 Å². The van der Waals surface area contributed by atoms with E-state index >= 15 is 0 Å². The number of hydrogen-bond acceptors (Lipinski definition) is 2. The van der Waals surface area contributed by atoms with E-state index in [1.165, 1.54) is 32.8 Å². The molecule has 0 fully saturated rings. The van der Waals surface area contributed by atoms with Gasteiger partial charge in [-0.15, -0.1) is 11.3 Å². The zero-order valence-corrected chi connectivity index (χ0v) is 18.2. The molecule has 0 aliphatic carbocycles. The average molecular weight is 499 g/mol. The molecule has 0 aliphatic heterocycles. The minimum absolute atomic E-state index is 0.0399. The third-order valence-electron chi connectivity index (χ3n) is 4.57. The highest BCUT2D eigenvalue weighted by Crippen LogP contribution is 2.48. The van der Waals surface area contributed by atoms with Crippen LogP contribution in [-0.2, 0) is 6.61 Å². The van der Waals surface area contributed by atoms with Crippen molar-refractivity contribution in [2.24, 2.45) is 0 Å². The van der Waals surface area contributed by atoms with Gasteiger partial charge in [-0.3, -0.25) is 0 Å². The summed E-state index contributed by atoms with van der Waals surface area (Å²) in [4.78, 5) is 2.59. The zero-order chi connectivity index (χ0) is 18.2. The number of hydrogen-bond donors (Lipinski definition) is 0. The fourth-order valence-electron chi connectivity index (χ4n) is 3.36. The lowest BCUT2D eigenvalue weighted by Crippen LogP contribution is -1.92. The second-order valence-electron chi connectivity index (χ2n) is 6.26. The number of benzene rings is 3. The fraction of sp³-hybridized carbons (Fsp3) is 0.0435. The van der Waals surface area contributed by atoms with Gasteiger partial charge in [-0.05, 0) is 71.1 Å². The molecule has 0 spiro atoms. The van der Waals surface area contributed by atoms with Crippen LogP contribution in [0.2, 0.25) is 0 Å². The minimum atomic E-state index is -0.0399. The Morgan fingerprint density at radius 2 is 1.37 bits per heavy atom. The van der Waals surface area contributed by atoms with Crippen molar-refractivity contribution in [2.45, 2.75) is 6.61 Å². The monoisotopic (exact) mass is 499 g/mol. The average Bonchev–Trinajstić information content (AvgIpc) is 3.28. The molecule has 0 aliphatic rings. The smallest absolute Gasteiger partial charge is 0.187 e.